The lowest BCUT2D eigenvalue weighted by atomic mass is 9.75. The van der Waals surface area contributed by atoms with Crippen molar-refractivity contribution in [3.63, 3.8) is 0 Å². The normalized spacial score (nSPS) is 21.0. The van der Waals surface area contributed by atoms with E-state index in [-0.39, 0.29) is 5.41 Å². The maximum atomic E-state index is 13.4. The van der Waals surface area contributed by atoms with Crippen molar-refractivity contribution in [2.24, 2.45) is 0 Å². The molecule has 0 N–H and O–H groups in total. The molecule has 0 radical (unpaired) electrons. The van der Waals surface area contributed by atoms with Gasteiger partial charge >= 0.3 is 6.18 Å². The molecule has 28 heavy (non-hydrogen) atoms. The minimum absolute atomic E-state index is 0.276. The van der Waals surface area contributed by atoms with E-state index < -0.39 is 11.7 Å². The van der Waals surface area contributed by atoms with Crippen LogP contribution in [0.3, 0.4) is 0 Å². The van der Waals surface area contributed by atoms with Gasteiger partial charge in [0.1, 0.15) is 0 Å². The first-order valence-corrected chi connectivity index (χ1v) is 9.88. The Morgan fingerprint density at radius 1 is 0.929 bits per heavy atom. The van der Waals surface area contributed by atoms with Crippen molar-refractivity contribution in [3.8, 4) is 0 Å². The molecular weight excluding hydrogens is 365 g/mol. The topological polar surface area (TPSA) is 15.7 Å². The lowest BCUT2D eigenvalue weighted by molar-refractivity contribution is -0.137. The van der Waals surface area contributed by atoms with Gasteiger partial charge in [0.2, 0.25) is 0 Å². The van der Waals surface area contributed by atoms with E-state index in [4.69, 9.17) is 4.74 Å². The van der Waals surface area contributed by atoms with Crippen molar-refractivity contribution in [1.29, 1.82) is 0 Å². The number of nitrogens with zero attached hydrogens (tertiary/aromatic N) is 2. The summed E-state index contributed by atoms with van der Waals surface area (Å²) in [5.41, 5.74) is 3.12. The zero-order chi connectivity index (χ0) is 19.4. The lowest BCUT2D eigenvalue weighted by Gasteiger charge is -2.35. The van der Waals surface area contributed by atoms with Gasteiger partial charge in [-0.15, -0.1) is 0 Å². The second-order valence-electron chi connectivity index (χ2n) is 8.07. The molecule has 0 unspecified atom stereocenters. The van der Waals surface area contributed by atoms with Crippen LogP contribution in [-0.2, 0) is 16.3 Å². The molecule has 0 atom stereocenters. The highest BCUT2D eigenvalue weighted by molar-refractivity contribution is 5.75. The quantitative estimate of drug-likeness (QED) is 0.711. The Hall–Kier alpha value is -2.21. The van der Waals surface area contributed by atoms with Gasteiger partial charge in [-0.05, 0) is 61.2 Å². The smallest absolute Gasteiger partial charge is 0.381 e. The largest absolute Gasteiger partial charge is 0.416 e. The minimum atomic E-state index is -4.33. The van der Waals surface area contributed by atoms with Crippen LogP contribution in [0.2, 0.25) is 0 Å². The van der Waals surface area contributed by atoms with Gasteiger partial charge in [0.25, 0.3) is 0 Å². The van der Waals surface area contributed by atoms with Gasteiger partial charge < -0.3 is 14.5 Å². The first kappa shape index (κ1) is 17.9. The molecule has 1 spiro atoms. The maximum absolute atomic E-state index is 13.4. The highest BCUT2D eigenvalue weighted by atomic mass is 19.4. The Morgan fingerprint density at radius 2 is 1.68 bits per heavy atom. The average molecular weight is 388 g/mol. The first-order chi connectivity index (χ1) is 13.5. The maximum Gasteiger partial charge on any atom is 0.416 e. The number of benzene rings is 2. The molecule has 0 saturated carbocycles. The summed E-state index contributed by atoms with van der Waals surface area (Å²) in [5.74, 6) is 0. The molecule has 0 aromatic heterocycles. The Labute approximate surface area is 162 Å². The van der Waals surface area contributed by atoms with E-state index >= 15 is 0 Å². The lowest BCUT2D eigenvalue weighted by Crippen LogP contribution is -2.38. The second-order valence-corrected chi connectivity index (χ2v) is 8.07. The SMILES string of the molecule is FC(F)(F)c1ccc2c(c1)C1(CCOCC1)CN2c1cccc(N2CCC2)c1. The highest BCUT2D eigenvalue weighted by Crippen LogP contribution is 2.51. The van der Waals surface area contributed by atoms with Crippen LogP contribution < -0.4 is 9.80 Å². The number of hydrogen-bond donors (Lipinski definition) is 0. The van der Waals surface area contributed by atoms with E-state index in [0.717, 1.165) is 42.9 Å². The predicted octanol–water partition coefficient (Wildman–Crippen LogP) is 5.12. The third-order valence-electron chi connectivity index (χ3n) is 6.46. The molecule has 2 fully saturated rings. The van der Waals surface area contributed by atoms with E-state index in [1.165, 1.54) is 24.2 Å². The minimum Gasteiger partial charge on any atom is -0.381 e. The van der Waals surface area contributed by atoms with Crippen molar-refractivity contribution in [2.45, 2.75) is 30.9 Å². The van der Waals surface area contributed by atoms with Gasteiger partial charge in [0.05, 0.1) is 5.56 Å². The molecule has 0 amide bonds. The molecule has 3 aliphatic heterocycles. The fraction of sp³-hybridized carbons (Fsp3) is 0.455. The van der Waals surface area contributed by atoms with Gasteiger partial charge in [0.15, 0.2) is 0 Å². The summed E-state index contributed by atoms with van der Waals surface area (Å²) in [5, 5.41) is 0. The van der Waals surface area contributed by atoms with E-state index in [9.17, 15) is 13.2 Å². The molecule has 148 valence electrons. The monoisotopic (exact) mass is 388 g/mol. The number of alkyl halides is 3. The zero-order valence-corrected chi connectivity index (χ0v) is 15.6. The summed E-state index contributed by atoms with van der Waals surface area (Å²) in [7, 11) is 0. The Kier molecular flexibility index (Phi) is 4.09. The summed E-state index contributed by atoms with van der Waals surface area (Å²) in [6.07, 6.45) is -1.61. The Bertz CT molecular complexity index is 886. The van der Waals surface area contributed by atoms with Crippen LogP contribution in [0, 0.1) is 0 Å². The van der Waals surface area contributed by atoms with E-state index in [1.807, 2.05) is 6.07 Å². The molecule has 3 nitrogen and oxygen atoms in total. The second kappa shape index (κ2) is 6.41. The molecule has 0 bridgehead atoms. The molecule has 5 rings (SSSR count). The van der Waals surface area contributed by atoms with Crippen molar-refractivity contribution in [3.05, 3.63) is 53.6 Å². The average Bonchev–Trinajstić information content (AvgIpc) is 2.94. The van der Waals surface area contributed by atoms with Crippen LogP contribution in [0.25, 0.3) is 0 Å². The van der Waals surface area contributed by atoms with Crippen molar-refractivity contribution in [1.82, 2.24) is 0 Å². The molecule has 3 aliphatic rings. The third kappa shape index (κ3) is 2.85. The number of halogens is 3. The van der Waals surface area contributed by atoms with Crippen LogP contribution in [0.4, 0.5) is 30.2 Å². The van der Waals surface area contributed by atoms with Crippen LogP contribution in [0.1, 0.15) is 30.4 Å². The summed E-state index contributed by atoms with van der Waals surface area (Å²) in [6, 6.07) is 12.6. The van der Waals surface area contributed by atoms with E-state index in [0.29, 0.717) is 19.8 Å². The number of anilines is 3. The van der Waals surface area contributed by atoms with Crippen LogP contribution in [-0.4, -0.2) is 32.8 Å². The number of rotatable bonds is 2. The summed E-state index contributed by atoms with van der Waals surface area (Å²) in [6.45, 7) is 4.03. The Balaban J connectivity index is 1.58. The van der Waals surface area contributed by atoms with Crippen LogP contribution in [0.5, 0.6) is 0 Å². The molecule has 0 aliphatic carbocycles. The summed E-state index contributed by atoms with van der Waals surface area (Å²) >= 11 is 0. The first-order valence-electron chi connectivity index (χ1n) is 9.88. The molecule has 2 aromatic rings. The van der Waals surface area contributed by atoms with Crippen LogP contribution >= 0.6 is 0 Å². The highest BCUT2D eigenvalue weighted by Gasteiger charge is 2.45. The van der Waals surface area contributed by atoms with E-state index in [2.05, 4.69) is 28.0 Å². The molecule has 2 saturated heterocycles. The molecular formula is C22H23F3N2O. The standard InChI is InChI=1S/C22H23F3N2O/c23-22(24,25)16-5-6-20-19(13-16)21(7-11-28-12-8-21)15-27(20)18-4-1-3-17(14-18)26-9-2-10-26/h1,3-6,13-14H,2,7-12,15H2. The predicted molar refractivity (Wildman–Crippen MR) is 103 cm³/mol. The number of hydrogen-bond acceptors (Lipinski definition) is 3. The third-order valence-corrected chi connectivity index (χ3v) is 6.46. The van der Waals surface area contributed by atoms with Crippen molar-refractivity contribution >= 4 is 17.1 Å². The molecule has 6 heteroatoms. The van der Waals surface area contributed by atoms with Gasteiger partial charge in [0, 0.05) is 55.3 Å². The van der Waals surface area contributed by atoms with Crippen molar-refractivity contribution in [2.75, 3.05) is 42.6 Å². The van der Waals surface area contributed by atoms with Gasteiger partial charge in [-0.2, -0.15) is 13.2 Å². The van der Waals surface area contributed by atoms with Gasteiger partial charge in [-0.25, -0.2) is 0 Å². The Morgan fingerprint density at radius 3 is 2.36 bits per heavy atom. The number of ether oxygens (including phenoxy) is 1. The molecule has 3 heterocycles. The van der Waals surface area contributed by atoms with Crippen molar-refractivity contribution < 1.29 is 17.9 Å². The fourth-order valence-electron chi connectivity index (χ4n) is 4.70. The van der Waals surface area contributed by atoms with Gasteiger partial charge in [-0.1, -0.05) is 6.07 Å². The van der Waals surface area contributed by atoms with E-state index in [1.54, 1.807) is 6.07 Å². The summed E-state index contributed by atoms with van der Waals surface area (Å²) < 4.78 is 45.7. The van der Waals surface area contributed by atoms with Gasteiger partial charge in [-0.3, -0.25) is 0 Å². The summed E-state index contributed by atoms with van der Waals surface area (Å²) in [4.78, 5) is 4.53. The molecule has 2 aromatic carbocycles. The zero-order valence-electron chi connectivity index (χ0n) is 15.6. The number of fused-ring (bicyclic) bond motifs is 2. The fourth-order valence-corrected chi connectivity index (χ4v) is 4.70. The van der Waals surface area contributed by atoms with Crippen LogP contribution in [0.15, 0.2) is 42.5 Å².